The predicted octanol–water partition coefficient (Wildman–Crippen LogP) is 5.03. The number of fused-ring (bicyclic) bond motifs is 1. The average molecular weight is 396 g/mol. The van der Waals surface area contributed by atoms with Gasteiger partial charge in [-0.3, -0.25) is 4.79 Å². The van der Waals surface area contributed by atoms with Crippen LogP contribution in [0.5, 0.6) is 11.5 Å². The lowest BCUT2D eigenvalue weighted by atomic mass is 10.0. The second-order valence-corrected chi connectivity index (χ2v) is 6.79. The molecule has 0 saturated heterocycles. The molecule has 1 N–H and O–H groups in total. The van der Waals surface area contributed by atoms with Gasteiger partial charge in [0, 0.05) is 16.8 Å². The Bertz CT molecular complexity index is 1160. The molecule has 0 aromatic heterocycles. The van der Waals surface area contributed by atoms with Gasteiger partial charge in [-0.1, -0.05) is 36.4 Å². The van der Waals surface area contributed by atoms with Crippen molar-refractivity contribution in [2.45, 2.75) is 13.5 Å². The highest BCUT2D eigenvalue weighted by Gasteiger charge is 2.23. The first-order chi connectivity index (χ1) is 14.7. The van der Waals surface area contributed by atoms with Gasteiger partial charge in [0.15, 0.2) is 11.5 Å². The molecule has 0 aliphatic carbocycles. The topological polar surface area (TPSA) is 71.3 Å². The van der Waals surface area contributed by atoms with Crippen LogP contribution in [0.2, 0.25) is 0 Å². The maximum Gasteiger partial charge on any atom is 0.256 e. The van der Waals surface area contributed by atoms with Crippen molar-refractivity contribution in [2.75, 3.05) is 11.9 Å². The van der Waals surface area contributed by atoms with Gasteiger partial charge < -0.3 is 14.8 Å². The van der Waals surface area contributed by atoms with Gasteiger partial charge in [0.25, 0.3) is 5.91 Å². The fourth-order valence-corrected chi connectivity index (χ4v) is 3.29. The summed E-state index contributed by atoms with van der Waals surface area (Å²) in [6.07, 6.45) is 1.86. The normalized spacial score (nSPS) is 13.5. The van der Waals surface area contributed by atoms with Crippen molar-refractivity contribution < 1.29 is 14.3 Å². The lowest BCUT2D eigenvalue weighted by Gasteiger charge is -2.13. The number of rotatable bonds is 6. The molecule has 148 valence electrons. The quantitative estimate of drug-likeness (QED) is 0.593. The van der Waals surface area contributed by atoms with E-state index in [4.69, 9.17) is 14.7 Å². The number of nitrogens with one attached hydrogen (secondary N) is 1. The highest BCUT2D eigenvalue weighted by Crippen LogP contribution is 2.35. The number of para-hydroxylation sites is 1. The fourth-order valence-electron chi connectivity index (χ4n) is 3.29. The summed E-state index contributed by atoms with van der Waals surface area (Å²) < 4.78 is 11.7. The number of amides is 1. The standard InChI is InChI=1S/C25H20N2O3/c1-2-29-24-14-19(13-21-20-5-3-4-6-22(20)27-25(21)28)11-12-23(24)30-16-18-9-7-17(15-26)8-10-18/h3-14H,2,16H2,1H3,(H,27,28)/b21-13+. The van der Waals surface area contributed by atoms with Crippen molar-refractivity contribution in [3.63, 3.8) is 0 Å². The van der Waals surface area contributed by atoms with E-state index < -0.39 is 0 Å². The first-order valence-corrected chi connectivity index (χ1v) is 9.69. The molecule has 1 aliphatic rings. The maximum absolute atomic E-state index is 12.4. The van der Waals surface area contributed by atoms with Crippen LogP contribution in [0.15, 0.2) is 66.7 Å². The number of benzene rings is 3. The van der Waals surface area contributed by atoms with Crippen molar-refractivity contribution in [2.24, 2.45) is 0 Å². The molecule has 4 rings (SSSR count). The third-order valence-electron chi connectivity index (χ3n) is 4.77. The Labute approximate surface area is 175 Å². The first kappa shape index (κ1) is 19.3. The molecule has 30 heavy (non-hydrogen) atoms. The minimum absolute atomic E-state index is 0.115. The third-order valence-corrected chi connectivity index (χ3v) is 4.77. The van der Waals surface area contributed by atoms with E-state index in [9.17, 15) is 4.79 Å². The molecule has 1 amide bonds. The lowest BCUT2D eigenvalue weighted by Crippen LogP contribution is -2.03. The molecule has 0 bridgehead atoms. The molecule has 0 atom stereocenters. The highest BCUT2D eigenvalue weighted by atomic mass is 16.5. The molecule has 3 aromatic rings. The maximum atomic E-state index is 12.4. The molecule has 1 heterocycles. The number of carbonyl (C=O) groups excluding carboxylic acids is 1. The van der Waals surface area contributed by atoms with Crippen molar-refractivity contribution in [1.29, 1.82) is 5.26 Å². The van der Waals surface area contributed by atoms with Crippen LogP contribution >= 0.6 is 0 Å². The number of hydrogen-bond donors (Lipinski definition) is 1. The minimum Gasteiger partial charge on any atom is -0.490 e. The zero-order valence-electron chi connectivity index (χ0n) is 16.5. The van der Waals surface area contributed by atoms with Gasteiger partial charge in [0.1, 0.15) is 6.61 Å². The Morgan fingerprint density at radius 2 is 1.80 bits per heavy atom. The van der Waals surface area contributed by atoms with Crippen LogP contribution in [0.3, 0.4) is 0 Å². The van der Waals surface area contributed by atoms with Crippen molar-refractivity contribution >= 4 is 23.2 Å². The summed E-state index contributed by atoms with van der Waals surface area (Å²) in [5.41, 5.74) is 4.76. The second kappa shape index (κ2) is 8.54. The van der Waals surface area contributed by atoms with Crippen molar-refractivity contribution in [3.05, 3.63) is 89.0 Å². The smallest absolute Gasteiger partial charge is 0.256 e. The Balaban J connectivity index is 1.57. The predicted molar refractivity (Wildman–Crippen MR) is 116 cm³/mol. The van der Waals surface area contributed by atoms with Gasteiger partial charge in [-0.25, -0.2) is 0 Å². The monoisotopic (exact) mass is 396 g/mol. The van der Waals surface area contributed by atoms with Gasteiger partial charge in [0.2, 0.25) is 0 Å². The Morgan fingerprint density at radius 3 is 2.57 bits per heavy atom. The molecule has 1 aliphatic heterocycles. The van der Waals surface area contributed by atoms with Crippen molar-refractivity contribution in [1.82, 2.24) is 0 Å². The molecule has 5 nitrogen and oxygen atoms in total. The third kappa shape index (κ3) is 4.03. The van der Waals surface area contributed by atoms with E-state index in [1.165, 1.54) is 0 Å². The summed E-state index contributed by atoms with van der Waals surface area (Å²) in [5, 5.41) is 11.8. The summed E-state index contributed by atoms with van der Waals surface area (Å²) in [6, 6.07) is 22.6. The zero-order chi connectivity index (χ0) is 20.9. The Hall–Kier alpha value is -4.04. The molecule has 0 fully saturated rings. The summed E-state index contributed by atoms with van der Waals surface area (Å²) in [7, 11) is 0. The van der Waals surface area contributed by atoms with E-state index in [1.54, 1.807) is 12.1 Å². The molecule has 0 unspecified atom stereocenters. The number of nitriles is 1. The summed E-state index contributed by atoms with van der Waals surface area (Å²) in [5.74, 6) is 1.13. The van der Waals surface area contributed by atoms with Crippen LogP contribution in [-0.2, 0) is 11.4 Å². The lowest BCUT2D eigenvalue weighted by molar-refractivity contribution is -0.110. The van der Waals surface area contributed by atoms with Crippen LogP contribution in [0.4, 0.5) is 5.69 Å². The second-order valence-electron chi connectivity index (χ2n) is 6.79. The van der Waals surface area contributed by atoms with Crippen molar-refractivity contribution in [3.8, 4) is 17.6 Å². The average Bonchev–Trinajstić information content (AvgIpc) is 3.09. The molecular weight excluding hydrogens is 376 g/mol. The number of anilines is 1. The van der Waals surface area contributed by atoms with Gasteiger partial charge in [-0.2, -0.15) is 5.26 Å². The number of hydrogen-bond acceptors (Lipinski definition) is 4. The van der Waals surface area contributed by atoms with E-state index in [-0.39, 0.29) is 5.91 Å². The first-order valence-electron chi connectivity index (χ1n) is 9.69. The molecule has 5 heteroatoms. The number of nitrogens with zero attached hydrogens (tertiary/aromatic N) is 1. The Morgan fingerprint density at radius 1 is 1.00 bits per heavy atom. The highest BCUT2D eigenvalue weighted by molar-refractivity contribution is 6.34. The van der Waals surface area contributed by atoms with Gasteiger partial charge in [0.05, 0.1) is 18.2 Å². The summed E-state index contributed by atoms with van der Waals surface area (Å²) in [4.78, 5) is 12.4. The molecule has 0 spiro atoms. The van der Waals surface area contributed by atoms with Crippen LogP contribution in [0.1, 0.15) is 29.2 Å². The van der Waals surface area contributed by atoms with E-state index in [0.717, 1.165) is 22.4 Å². The van der Waals surface area contributed by atoms with E-state index in [2.05, 4.69) is 11.4 Å². The zero-order valence-corrected chi connectivity index (χ0v) is 16.5. The van der Waals surface area contributed by atoms with Gasteiger partial charge in [-0.15, -0.1) is 0 Å². The van der Waals surface area contributed by atoms with E-state index in [0.29, 0.717) is 35.8 Å². The van der Waals surface area contributed by atoms with Gasteiger partial charge in [-0.05, 0) is 54.5 Å². The van der Waals surface area contributed by atoms with E-state index in [1.807, 2.05) is 67.6 Å². The minimum atomic E-state index is -0.115. The SMILES string of the molecule is CCOc1cc(/C=C2/C(=O)Nc3ccccc32)ccc1OCc1ccc(C#N)cc1. The van der Waals surface area contributed by atoms with Crippen LogP contribution in [-0.4, -0.2) is 12.5 Å². The fraction of sp³-hybridized carbons (Fsp3) is 0.120. The number of carbonyl (C=O) groups is 1. The molecule has 0 radical (unpaired) electrons. The number of ether oxygens (including phenoxy) is 2. The van der Waals surface area contributed by atoms with Crippen LogP contribution in [0, 0.1) is 11.3 Å². The van der Waals surface area contributed by atoms with Crippen LogP contribution < -0.4 is 14.8 Å². The molecule has 3 aromatic carbocycles. The Kier molecular flexibility index (Phi) is 5.49. The van der Waals surface area contributed by atoms with Crippen LogP contribution in [0.25, 0.3) is 11.6 Å². The van der Waals surface area contributed by atoms with Gasteiger partial charge >= 0.3 is 0 Å². The summed E-state index contributed by atoms with van der Waals surface area (Å²) in [6.45, 7) is 2.77. The largest absolute Gasteiger partial charge is 0.490 e. The summed E-state index contributed by atoms with van der Waals surface area (Å²) >= 11 is 0. The molecular formula is C25H20N2O3. The van der Waals surface area contributed by atoms with E-state index >= 15 is 0 Å². The molecule has 0 saturated carbocycles.